The molecule has 2 rings (SSSR count). The zero-order valence-corrected chi connectivity index (χ0v) is 8.26. The third-order valence-corrected chi connectivity index (χ3v) is 2.25. The number of halogens is 1. The van der Waals surface area contributed by atoms with Gasteiger partial charge in [0.25, 0.3) is 0 Å². The quantitative estimate of drug-likeness (QED) is 0.710. The van der Waals surface area contributed by atoms with Crippen LogP contribution in [-0.4, -0.2) is 17.0 Å². The van der Waals surface area contributed by atoms with Gasteiger partial charge in [-0.05, 0) is 11.6 Å². The number of nitrogens with zero attached hydrogens (tertiary/aromatic N) is 3. The summed E-state index contributed by atoms with van der Waals surface area (Å²) in [6.45, 7) is 0. The second-order valence-electron chi connectivity index (χ2n) is 2.85. The van der Waals surface area contributed by atoms with Gasteiger partial charge in [-0.3, -0.25) is 0 Å². The Morgan fingerprint density at radius 2 is 2.36 bits per heavy atom. The molecule has 4 nitrogen and oxygen atoms in total. The Kier molecular flexibility index (Phi) is 2.10. The summed E-state index contributed by atoms with van der Waals surface area (Å²) in [4.78, 5) is 8.08. The maximum absolute atomic E-state index is 8.87. The number of hydrogen-bond acceptors (Lipinski definition) is 4. The van der Waals surface area contributed by atoms with Crippen molar-refractivity contribution in [1.82, 2.24) is 9.97 Å². The van der Waals surface area contributed by atoms with Crippen LogP contribution in [-0.2, 0) is 6.42 Å². The van der Waals surface area contributed by atoms with Gasteiger partial charge in [0.1, 0.15) is 5.82 Å². The lowest BCUT2D eigenvalue weighted by atomic mass is 10.1. The first kappa shape index (κ1) is 8.97. The van der Waals surface area contributed by atoms with Gasteiger partial charge < -0.3 is 5.32 Å². The van der Waals surface area contributed by atoms with E-state index in [0.29, 0.717) is 17.8 Å². The molecule has 70 valence electrons. The molecule has 0 saturated heterocycles. The second kappa shape index (κ2) is 3.28. The van der Waals surface area contributed by atoms with Gasteiger partial charge in [-0.2, -0.15) is 5.26 Å². The molecule has 1 aromatic rings. The van der Waals surface area contributed by atoms with E-state index in [0.717, 1.165) is 11.3 Å². The lowest BCUT2D eigenvalue weighted by Crippen LogP contribution is -2.01. The predicted molar refractivity (Wildman–Crippen MR) is 53.9 cm³/mol. The fourth-order valence-electron chi connectivity index (χ4n) is 1.49. The van der Waals surface area contributed by atoms with Crippen LogP contribution >= 0.6 is 11.6 Å². The first-order valence-electron chi connectivity index (χ1n) is 4.11. The molecule has 1 heterocycles. The van der Waals surface area contributed by atoms with Crippen molar-refractivity contribution in [2.75, 3.05) is 12.4 Å². The highest BCUT2D eigenvalue weighted by atomic mass is 35.5. The van der Waals surface area contributed by atoms with Crippen LogP contribution in [0.25, 0.3) is 5.57 Å². The van der Waals surface area contributed by atoms with E-state index in [1.54, 1.807) is 7.05 Å². The topological polar surface area (TPSA) is 61.6 Å². The average Bonchev–Trinajstić information content (AvgIpc) is 2.59. The molecule has 5 heteroatoms. The predicted octanol–water partition coefficient (Wildman–Crippen LogP) is 1.63. The summed E-state index contributed by atoms with van der Waals surface area (Å²) < 4.78 is 0. The number of anilines is 1. The van der Waals surface area contributed by atoms with Crippen LogP contribution in [0.1, 0.15) is 11.3 Å². The molecular weight excluding hydrogens is 200 g/mol. The van der Waals surface area contributed by atoms with Gasteiger partial charge in [0.05, 0.1) is 22.9 Å². The van der Waals surface area contributed by atoms with Crippen LogP contribution in [0.2, 0.25) is 5.28 Å². The standard InChI is InChI=1S/C9H7ClN4/c1-12-8-7-5(4-11)2-3-6(7)13-9(10)14-8/h2H,3H2,1H3,(H,12,13,14). The van der Waals surface area contributed by atoms with Crippen molar-refractivity contribution in [2.45, 2.75) is 6.42 Å². The Hall–Kier alpha value is -1.60. The summed E-state index contributed by atoms with van der Waals surface area (Å²) >= 11 is 5.73. The van der Waals surface area contributed by atoms with E-state index in [9.17, 15) is 0 Å². The molecule has 0 saturated carbocycles. The van der Waals surface area contributed by atoms with Crippen LogP contribution in [0.5, 0.6) is 0 Å². The van der Waals surface area contributed by atoms with Crippen LogP contribution < -0.4 is 5.32 Å². The minimum atomic E-state index is 0.209. The van der Waals surface area contributed by atoms with E-state index >= 15 is 0 Å². The fourth-order valence-corrected chi connectivity index (χ4v) is 1.68. The van der Waals surface area contributed by atoms with E-state index in [1.807, 2.05) is 6.08 Å². The number of rotatable bonds is 1. The lowest BCUT2D eigenvalue weighted by molar-refractivity contribution is 1.06. The molecule has 14 heavy (non-hydrogen) atoms. The van der Waals surface area contributed by atoms with Gasteiger partial charge in [0.15, 0.2) is 0 Å². The van der Waals surface area contributed by atoms with Gasteiger partial charge in [-0.25, -0.2) is 9.97 Å². The number of nitrogens with one attached hydrogen (secondary N) is 1. The second-order valence-corrected chi connectivity index (χ2v) is 3.18. The van der Waals surface area contributed by atoms with Crippen molar-refractivity contribution in [3.63, 3.8) is 0 Å². The summed E-state index contributed by atoms with van der Waals surface area (Å²) in [5.41, 5.74) is 2.20. The summed E-state index contributed by atoms with van der Waals surface area (Å²) in [5, 5.41) is 12.0. The normalized spacial score (nSPS) is 13.1. The van der Waals surface area contributed by atoms with Gasteiger partial charge in [0, 0.05) is 13.5 Å². The molecule has 0 radical (unpaired) electrons. The van der Waals surface area contributed by atoms with Crippen molar-refractivity contribution >= 4 is 23.0 Å². The molecule has 1 N–H and O–H groups in total. The molecule has 1 aliphatic carbocycles. The van der Waals surface area contributed by atoms with Gasteiger partial charge in [-0.15, -0.1) is 0 Å². The number of nitriles is 1. The van der Waals surface area contributed by atoms with Crippen LogP contribution in [0.15, 0.2) is 6.08 Å². The third kappa shape index (κ3) is 1.22. The molecular formula is C9H7ClN4. The maximum atomic E-state index is 8.87. The minimum Gasteiger partial charge on any atom is -0.372 e. The number of fused-ring (bicyclic) bond motifs is 1. The van der Waals surface area contributed by atoms with Crippen molar-refractivity contribution in [3.05, 3.63) is 22.6 Å². The Labute approximate surface area is 86.2 Å². The molecule has 0 unspecified atom stereocenters. The molecule has 1 aromatic heterocycles. The maximum Gasteiger partial charge on any atom is 0.224 e. The summed E-state index contributed by atoms with van der Waals surface area (Å²) in [6.07, 6.45) is 2.48. The van der Waals surface area contributed by atoms with E-state index < -0.39 is 0 Å². The number of aromatic nitrogens is 2. The van der Waals surface area contributed by atoms with Crippen molar-refractivity contribution in [1.29, 1.82) is 5.26 Å². The molecule has 0 aromatic carbocycles. The highest BCUT2D eigenvalue weighted by molar-refractivity contribution is 6.28. The molecule has 1 aliphatic rings. The van der Waals surface area contributed by atoms with Gasteiger partial charge >= 0.3 is 0 Å². The summed E-state index contributed by atoms with van der Waals surface area (Å²) in [6, 6.07) is 2.11. The third-order valence-electron chi connectivity index (χ3n) is 2.08. The molecule has 0 atom stereocenters. The molecule has 0 aliphatic heterocycles. The van der Waals surface area contributed by atoms with Crippen LogP contribution in [0.4, 0.5) is 5.82 Å². The van der Waals surface area contributed by atoms with Crippen LogP contribution in [0, 0.1) is 11.3 Å². The molecule has 0 spiro atoms. The first-order valence-corrected chi connectivity index (χ1v) is 4.49. The lowest BCUT2D eigenvalue weighted by Gasteiger charge is -2.06. The highest BCUT2D eigenvalue weighted by Crippen LogP contribution is 2.31. The van der Waals surface area contributed by atoms with Gasteiger partial charge in [-0.1, -0.05) is 6.08 Å². The van der Waals surface area contributed by atoms with Crippen molar-refractivity contribution < 1.29 is 0 Å². The highest BCUT2D eigenvalue weighted by Gasteiger charge is 2.20. The van der Waals surface area contributed by atoms with Crippen LogP contribution in [0.3, 0.4) is 0 Å². The van der Waals surface area contributed by atoms with Crippen molar-refractivity contribution in [3.8, 4) is 6.07 Å². The Morgan fingerprint density at radius 3 is 3.00 bits per heavy atom. The Morgan fingerprint density at radius 1 is 1.57 bits per heavy atom. The van der Waals surface area contributed by atoms with E-state index in [4.69, 9.17) is 16.9 Å². The summed E-state index contributed by atoms with van der Waals surface area (Å²) in [5.74, 6) is 0.616. The average molecular weight is 207 g/mol. The SMILES string of the molecule is CNc1nc(Cl)nc2c1C(C#N)=CC2. The zero-order chi connectivity index (χ0) is 10.1. The van der Waals surface area contributed by atoms with E-state index in [1.165, 1.54) is 0 Å². The fraction of sp³-hybridized carbons (Fsp3) is 0.222. The zero-order valence-electron chi connectivity index (χ0n) is 7.50. The monoisotopic (exact) mass is 206 g/mol. The van der Waals surface area contributed by atoms with E-state index in [2.05, 4.69) is 21.4 Å². The molecule has 0 fully saturated rings. The Balaban J connectivity index is 2.64. The minimum absolute atomic E-state index is 0.209. The molecule has 0 amide bonds. The van der Waals surface area contributed by atoms with Gasteiger partial charge in [0.2, 0.25) is 5.28 Å². The summed E-state index contributed by atoms with van der Waals surface area (Å²) in [7, 11) is 1.74. The Bertz CT molecular complexity index is 459. The smallest absolute Gasteiger partial charge is 0.224 e. The number of hydrogen-bond donors (Lipinski definition) is 1. The van der Waals surface area contributed by atoms with E-state index in [-0.39, 0.29) is 5.28 Å². The van der Waals surface area contributed by atoms with Crippen molar-refractivity contribution in [2.24, 2.45) is 0 Å². The number of allylic oxidation sites excluding steroid dienone is 2. The first-order chi connectivity index (χ1) is 6.76. The molecule has 0 bridgehead atoms. The largest absolute Gasteiger partial charge is 0.372 e.